The van der Waals surface area contributed by atoms with Crippen LogP contribution in [-0.2, 0) is 0 Å². The van der Waals surface area contributed by atoms with E-state index >= 15 is 0 Å². The summed E-state index contributed by atoms with van der Waals surface area (Å²) < 4.78 is 18.2. The number of ether oxygens (including phenoxy) is 3. The van der Waals surface area contributed by atoms with Crippen LogP contribution in [0.1, 0.15) is 12.8 Å². The van der Waals surface area contributed by atoms with E-state index in [4.69, 9.17) is 19.2 Å². The lowest BCUT2D eigenvalue weighted by Gasteiger charge is -2.23. The Balaban J connectivity index is 1.47. The molecule has 1 aliphatic rings. The molecule has 11 heteroatoms. The molecule has 178 valence electrons. The minimum Gasteiger partial charge on any atom is -0.493 e. The van der Waals surface area contributed by atoms with Crippen LogP contribution in [0.5, 0.6) is 17.2 Å². The summed E-state index contributed by atoms with van der Waals surface area (Å²) in [6, 6.07) is 7.71. The number of fused-ring (bicyclic) bond motifs is 1. The molecular weight excluding hydrogens is 456 g/mol. The second-order valence-electron chi connectivity index (χ2n) is 7.84. The van der Waals surface area contributed by atoms with Gasteiger partial charge in [-0.25, -0.2) is 9.50 Å². The summed E-state index contributed by atoms with van der Waals surface area (Å²) in [6.07, 6.45) is 5.62. The zero-order valence-electron chi connectivity index (χ0n) is 19.2. The first kappa shape index (κ1) is 22.2. The van der Waals surface area contributed by atoms with Gasteiger partial charge >= 0.3 is 0 Å². The molecule has 0 aliphatic carbocycles. The molecule has 1 unspecified atom stereocenters. The van der Waals surface area contributed by atoms with Gasteiger partial charge in [0.1, 0.15) is 5.52 Å². The number of anilines is 3. The summed E-state index contributed by atoms with van der Waals surface area (Å²) in [7, 11) is 4.77. The molecule has 10 nitrogen and oxygen atoms in total. The van der Waals surface area contributed by atoms with Gasteiger partial charge in [-0.1, -0.05) is 11.3 Å². The molecular formula is C23H26N6O4S. The van der Waals surface area contributed by atoms with Gasteiger partial charge in [0.15, 0.2) is 22.4 Å². The molecule has 5 rings (SSSR count). The highest BCUT2D eigenvalue weighted by atomic mass is 32.1. The van der Waals surface area contributed by atoms with Crippen LogP contribution in [0.2, 0.25) is 0 Å². The Morgan fingerprint density at radius 2 is 1.97 bits per heavy atom. The standard InChI is InChI=1S/C23H26N6O4S/c1-31-17-10-14(11-18(32-2)20(17)33-3)19-12-24-23(34-19)26-21-16-7-5-9-29(16)27-22(25-21)28-8-4-6-15(28)13-30/h5,7,9-12,15,30H,4,6,8,13H2,1-3H3,(H,24,25,26,27). The van der Waals surface area contributed by atoms with Crippen LogP contribution in [0, 0.1) is 0 Å². The topological polar surface area (TPSA) is 106 Å². The molecule has 4 heterocycles. The van der Waals surface area contributed by atoms with Crippen molar-refractivity contribution in [3.05, 3.63) is 36.7 Å². The van der Waals surface area contributed by atoms with E-state index < -0.39 is 0 Å². The van der Waals surface area contributed by atoms with Crippen molar-refractivity contribution in [2.24, 2.45) is 0 Å². The van der Waals surface area contributed by atoms with Crippen molar-refractivity contribution >= 4 is 33.8 Å². The second kappa shape index (κ2) is 9.35. The highest BCUT2D eigenvalue weighted by Gasteiger charge is 2.27. The zero-order chi connectivity index (χ0) is 23.7. The highest BCUT2D eigenvalue weighted by molar-refractivity contribution is 7.19. The molecule has 0 spiro atoms. The van der Waals surface area contributed by atoms with E-state index in [1.165, 1.54) is 11.3 Å². The van der Waals surface area contributed by atoms with Crippen molar-refractivity contribution in [1.29, 1.82) is 0 Å². The lowest BCUT2D eigenvalue weighted by atomic mass is 10.1. The monoisotopic (exact) mass is 482 g/mol. The van der Waals surface area contributed by atoms with Crippen LogP contribution < -0.4 is 24.4 Å². The van der Waals surface area contributed by atoms with Crippen molar-refractivity contribution in [3.8, 4) is 27.7 Å². The molecule has 0 saturated carbocycles. The van der Waals surface area contributed by atoms with Gasteiger partial charge in [0.2, 0.25) is 11.7 Å². The van der Waals surface area contributed by atoms with Crippen molar-refractivity contribution in [2.45, 2.75) is 18.9 Å². The quantitative estimate of drug-likeness (QED) is 0.390. The molecule has 0 bridgehead atoms. The summed E-state index contributed by atoms with van der Waals surface area (Å²) >= 11 is 1.49. The van der Waals surface area contributed by atoms with Crippen molar-refractivity contribution in [2.75, 3.05) is 44.7 Å². The van der Waals surface area contributed by atoms with Crippen LogP contribution in [0.25, 0.3) is 16.0 Å². The number of aliphatic hydroxyl groups excluding tert-OH is 1. The molecule has 2 N–H and O–H groups in total. The molecule has 1 aromatic carbocycles. The van der Waals surface area contributed by atoms with E-state index in [2.05, 4.69) is 20.3 Å². The third-order valence-corrected chi connectivity index (χ3v) is 6.87. The fraction of sp³-hybridized carbons (Fsp3) is 0.348. The van der Waals surface area contributed by atoms with E-state index in [1.807, 2.05) is 30.5 Å². The first-order chi connectivity index (χ1) is 16.6. The lowest BCUT2D eigenvalue weighted by molar-refractivity contribution is 0.265. The maximum Gasteiger partial charge on any atom is 0.245 e. The van der Waals surface area contributed by atoms with Crippen LogP contribution >= 0.6 is 11.3 Å². The SMILES string of the molecule is COc1cc(-c2cnc(Nc3nc(N4CCCC4CO)nn4cccc34)s2)cc(OC)c1OC. The normalized spacial score (nSPS) is 15.6. The maximum absolute atomic E-state index is 9.74. The van der Waals surface area contributed by atoms with Gasteiger partial charge in [0, 0.05) is 24.5 Å². The molecule has 0 amide bonds. The van der Waals surface area contributed by atoms with Gasteiger partial charge in [0.25, 0.3) is 0 Å². The summed E-state index contributed by atoms with van der Waals surface area (Å²) in [5.41, 5.74) is 1.74. The van der Waals surface area contributed by atoms with Crippen LogP contribution in [0.15, 0.2) is 36.7 Å². The number of methoxy groups -OCH3 is 3. The summed E-state index contributed by atoms with van der Waals surface area (Å²) in [4.78, 5) is 12.3. The molecule has 1 saturated heterocycles. The Labute approximate surface area is 200 Å². The van der Waals surface area contributed by atoms with Crippen LogP contribution in [-0.4, -0.2) is 65.2 Å². The number of aromatic nitrogens is 4. The summed E-state index contributed by atoms with van der Waals surface area (Å²) in [6.45, 7) is 0.903. The fourth-order valence-electron chi connectivity index (χ4n) is 4.22. The van der Waals surface area contributed by atoms with E-state index in [1.54, 1.807) is 32.0 Å². The number of nitrogens with one attached hydrogen (secondary N) is 1. The minimum atomic E-state index is 0.0346. The number of rotatable bonds is 8. The Hall–Kier alpha value is -3.57. The van der Waals surface area contributed by atoms with Crippen LogP contribution in [0.3, 0.4) is 0 Å². The molecule has 34 heavy (non-hydrogen) atoms. The Bertz CT molecular complexity index is 1280. The zero-order valence-corrected chi connectivity index (χ0v) is 20.0. The number of aliphatic hydroxyl groups is 1. The predicted molar refractivity (Wildman–Crippen MR) is 131 cm³/mol. The smallest absolute Gasteiger partial charge is 0.245 e. The predicted octanol–water partition coefficient (Wildman–Crippen LogP) is 3.58. The Morgan fingerprint density at radius 1 is 1.18 bits per heavy atom. The molecule has 3 aromatic heterocycles. The molecule has 1 fully saturated rings. The number of thiazole rings is 1. The van der Waals surface area contributed by atoms with Gasteiger partial charge in [0.05, 0.1) is 38.9 Å². The average Bonchev–Trinajstić information content (AvgIpc) is 3.63. The first-order valence-corrected chi connectivity index (χ1v) is 11.7. The number of hydrogen-bond acceptors (Lipinski definition) is 10. The second-order valence-corrected chi connectivity index (χ2v) is 8.87. The van der Waals surface area contributed by atoms with Crippen molar-refractivity contribution in [1.82, 2.24) is 19.6 Å². The van der Waals surface area contributed by atoms with E-state index in [0.29, 0.717) is 34.1 Å². The van der Waals surface area contributed by atoms with Gasteiger partial charge in [-0.2, -0.15) is 4.98 Å². The van der Waals surface area contributed by atoms with E-state index in [9.17, 15) is 5.11 Å². The van der Waals surface area contributed by atoms with Gasteiger partial charge in [-0.05, 0) is 37.1 Å². The highest BCUT2D eigenvalue weighted by Crippen LogP contribution is 2.43. The third kappa shape index (κ3) is 3.97. The maximum atomic E-state index is 9.74. The number of hydrogen-bond donors (Lipinski definition) is 2. The van der Waals surface area contributed by atoms with Crippen molar-refractivity contribution in [3.63, 3.8) is 0 Å². The fourth-order valence-corrected chi connectivity index (χ4v) is 5.02. The van der Waals surface area contributed by atoms with E-state index in [0.717, 1.165) is 35.3 Å². The average molecular weight is 483 g/mol. The summed E-state index contributed by atoms with van der Waals surface area (Å²) in [5, 5.41) is 18.4. The van der Waals surface area contributed by atoms with Gasteiger partial charge in [-0.15, -0.1) is 5.10 Å². The van der Waals surface area contributed by atoms with Gasteiger partial charge in [-0.3, -0.25) is 0 Å². The lowest BCUT2D eigenvalue weighted by Crippen LogP contribution is -2.34. The molecule has 0 radical (unpaired) electrons. The number of benzene rings is 1. The van der Waals surface area contributed by atoms with Crippen molar-refractivity contribution < 1.29 is 19.3 Å². The largest absolute Gasteiger partial charge is 0.493 e. The molecule has 1 atom stereocenters. The Kier molecular flexibility index (Phi) is 6.12. The molecule has 1 aliphatic heterocycles. The van der Waals surface area contributed by atoms with Crippen LogP contribution in [0.4, 0.5) is 16.9 Å². The van der Waals surface area contributed by atoms with E-state index in [-0.39, 0.29) is 12.6 Å². The summed E-state index contributed by atoms with van der Waals surface area (Å²) in [5.74, 6) is 2.95. The third-order valence-electron chi connectivity index (χ3n) is 5.90. The number of nitrogens with zero attached hydrogens (tertiary/aromatic N) is 5. The molecule has 4 aromatic rings. The first-order valence-electron chi connectivity index (χ1n) is 10.9. The Morgan fingerprint density at radius 3 is 2.68 bits per heavy atom. The van der Waals surface area contributed by atoms with Gasteiger partial charge < -0.3 is 29.5 Å². The minimum absolute atomic E-state index is 0.0346.